The van der Waals surface area contributed by atoms with E-state index in [4.69, 9.17) is 11.6 Å². The monoisotopic (exact) mass is 272 g/mol. The second-order valence-electron chi connectivity index (χ2n) is 3.92. The van der Waals surface area contributed by atoms with Crippen molar-refractivity contribution < 1.29 is 14.0 Å². The smallest absolute Gasteiger partial charge is 0.228 e. The van der Waals surface area contributed by atoms with E-state index in [0.29, 0.717) is 5.69 Å². The van der Waals surface area contributed by atoms with Gasteiger partial charge in [-0.2, -0.15) is 0 Å². The van der Waals surface area contributed by atoms with Gasteiger partial charge < -0.3 is 10.6 Å². The molecule has 0 radical (unpaired) electrons. The molecule has 0 saturated heterocycles. The van der Waals surface area contributed by atoms with Gasteiger partial charge in [0, 0.05) is 24.4 Å². The van der Waals surface area contributed by atoms with Crippen molar-refractivity contribution in [2.75, 3.05) is 16.5 Å². The molecule has 0 bridgehead atoms. The minimum absolute atomic E-state index is 0.0267. The van der Waals surface area contributed by atoms with Crippen LogP contribution in [-0.4, -0.2) is 17.7 Å². The highest BCUT2D eigenvalue weighted by molar-refractivity contribution is 6.19. The van der Waals surface area contributed by atoms with Gasteiger partial charge in [-0.15, -0.1) is 11.6 Å². The molecule has 4 nitrogen and oxygen atoms in total. The molecule has 0 aromatic heterocycles. The Labute approximate surface area is 110 Å². The summed E-state index contributed by atoms with van der Waals surface area (Å²) in [7, 11) is 0. The maximum atomic E-state index is 13.3. The molecule has 2 amide bonds. The quantitative estimate of drug-likeness (QED) is 0.828. The zero-order valence-corrected chi connectivity index (χ0v) is 10.8. The molecule has 0 fully saturated rings. The van der Waals surface area contributed by atoms with Crippen LogP contribution in [0, 0.1) is 11.7 Å². The second-order valence-corrected chi connectivity index (χ2v) is 4.23. The minimum Gasteiger partial charge on any atom is -0.326 e. The van der Waals surface area contributed by atoms with Crippen molar-refractivity contribution in [2.24, 2.45) is 5.92 Å². The van der Waals surface area contributed by atoms with Crippen LogP contribution >= 0.6 is 11.6 Å². The van der Waals surface area contributed by atoms with E-state index < -0.39 is 5.82 Å². The summed E-state index contributed by atoms with van der Waals surface area (Å²) in [4.78, 5) is 22.5. The van der Waals surface area contributed by atoms with Gasteiger partial charge in [0.05, 0.1) is 5.69 Å². The SMILES string of the molecule is CC(=O)Nc1cc(NC(=O)C(C)CCl)ccc1F. The van der Waals surface area contributed by atoms with E-state index in [0.717, 1.165) is 0 Å². The van der Waals surface area contributed by atoms with Crippen LogP contribution in [0.2, 0.25) is 0 Å². The first kappa shape index (κ1) is 14.4. The van der Waals surface area contributed by atoms with Crippen molar-refractivity contribution in [3.8, 4) is 0 Å². The number of nitrogens with one attached hydrogen (secondary N) is 2. The van der Waals surface area contributed by atoms with Crippen LogP contribution in [0.4, 0.5) is 15.8 Å². The van der Waals surface area contributed by atoms with Crippen molar-refractivity contribution in [1.82, 2.24) is 0 Å². The topological polar surface area (TPSA) is 58.2 Å². The number of carbonyl (C=O) groups is 2. The fourth-order valence-electron chi connectivity index (χ4n) is 1.22. The first-order valence-corrected chi connectivity index (χ1v) is 5.91. The van der Waals surface area contributed by atoms with Crippen LogP contribution in [0.3, 0.4) is 0 Å². The Balaban J connectivity index is 2.85. The van der Waals surface area contributed by atoms with E-state index in [2.05, 4.69) is 10.6 Å². The third-order valence-electron chi connectivity index (χ3n) is 2.22. The number of amides is 2. The van der Waals surface area contributed by atoms with Gasteiger partial charge in [-0.1, -0.05) is 6.92 Å². The van der Waals surface area contributed by atoms with Gasteiger partial charge in [0.1, 0.15) is 5.82 Å². The number of alkyl halides is 1. The van der Waals surface area contributed by atoms with Crippen LogP contribution in [0.5, 0.6) is 0 Å². The lowest BCUT2D eigenvalue weighted by Gasteiger charge is -2.11. The molecule has 98 valence electrons. The highest BCUT2D eigenvalue weighted by Crippen LogP contribution is 2.20. The van der Waals surface area contributed by atoms with Crippen LogP contribution in [-0.2, 0) is 9.59 Å². The summed E-state index contributed by atoms with van der Waals surface area (Å²) in [6.45, 7) is 2.96. The van der Waals surface area contributed by atoms with Gasteiger partial charge in [-0.25, -0.2) is 4.39 Å². The van der Waals surface area contributed by atoms with Gasteiger partial charge in [-0.3, -0.25) is 9.59 Å². The Hall–Kier alpha value is -1.62. The Morgan fingerprint density at radius 2 is 2.06 bits per heavy atom. The fraction of sp³-hybridized carbons (Fsp3) is 0.333. The molecule has 0 spiro atoms. The van der Waals surface area contributed by atoms with Crippen molar-refractivity contribution in [1.29, 1.82) is 0 Å². The summed E-state index contributed by atoms with van der Waals surface area (Å²) < 4.78 is 13.3. The molecule has 0 saturated carbocycles. The lowest BCUT2D eigenvalue weighted by molar-refractivity contribution is -0.118. The molecule has 0 aliphatic rings. The van der Waals surface area contributed by atoms with Gasteiger partial charge in [0.15, 0.2) is 0 Å². The predicted octanol–water partition coefficient (Wildman–Crippen LogP) is 2.60. The van der Waals surface area contributed by atoms with E-state index >= 15 is 0 Å². The average molecular weight is 273 g/mol. The molecule has 0 aliphatic heterocycles. The minimum atomic E-state index is -0.561. The number of rotatable bonds is 4. The van der Waals surface area contributed by atoms with Crippen LogP contribution < -0.4 is 10.6 Å². The highest BCUT2D eigenvalue weighted by atomic mass is 35.5. The third kappa shape index (κ3) is 4.00. The summed E-state index contributed by atoms with van der Waals surface area (Å²) in [5.74, 6) is -1.35. The van der Waals surface area contributed by atoms with Crippen LogP contribution in [0.25, 0.3) is 0 Å². The average Bonchev–Trinajstić information content (AvgIpc) is 2.31. The van der Waals surface area contributed by atoms with E-state index in [1.165, 1.54) is 25.1 Å². The Morgan fingerprint density at radius 1 is 1.39 bits per heavy atom. The number of carbonyl (C=O) groups excluding carboxylic acids is 2. The van der Waals surface area contributed by atoms with E-state index in [1.807, 2.05) is 0 Å². The van der Waals surface area contributed by atoms with Gasteiger partial charge in [-0.05, 0) is 18.2 Å². The Kier molecular flexibility index (Phi) is 5.09. The number of benzene rings is 1. The molecule has 1 aromatic carbocycles. The molecule has 1 atom stereocenters. The number of hydrogen-bond acceptors (Lipinski definition) is 2. The first-order chi connectivity index (χ1) is 8.43. The molecule has 2 N–H and O–H groups in total. The maximum absolute atomic E-state index is 13.3. The van der Waals surface area contributed by atoms with Gasteiger partial charge in [0.2, 0.25) is 11.8 Å². The summed E-state index contributed by atoms with van der Waals surface area (Å²) in [5, 5.41) is 4.93. The summed E-state index contributed by atoms with van der Waals surface area (Å²) in [5.41, 5.74) is 0.431. The van der Waals surface area contributed by atoms with E-state index in [9.17, 15) is 14.0 Å². The third-order valence-corrected chi connectivity index (χ3v) is 2.69. The lowest BCUT2D eigenvalue weighted by Crippen LogP contribution is -2.21. The van der Waals surface area contributed by atoms with Crippen molar-refractivity contribution in [3.63, 3.8) is 0 Å². The standard InChI is InChI=1S/C12H14ClFN2O2/c1-7(6-13)12(18)16-9-3-4-10(14)11(5-9)15-8(2)17/h3-5,7H,6H2,1-2H3,(H,15,17)(H,16,18). The summed E-state index contributed by atoms with van der Waals surface area (Å²) in [6.07, 6.45) is 0. The van der Waals surface area contributed by atoms with Crippen molar-refractivity contribution in [3.05, 3.63) is 24.0 Å². The second kappa shape index (κ2) is 6.35. The first-order valence-electron chi connectivity index (χ1n) is 5.38. The van der Waals surface area contributed by atoms with Crippen molar-refractivity contribution in [2.45, 2.75) is 13.8 Å². The summed E-state index contributed by atoms with van der Waals surface area (Å²) in [6, 6.07) is 3.95. The lowest BCUT2D eigenvalue weighted by atomic mass is 10.2. The molecule has 18 heavy (non-hydrogen) atoms. The zero-order chi connectivity index (χ0) is 13.7. The number of anilines is 2. The molecule has 0 aliphatic carbocycles. The molecule has 0 heterocycles. The Bertz CT molecular complexity index is 465. The van der Waals surface area contributed by atoms with Gasteiger partial charge >= 0.3 is 0 Å². The molecule has 1 rings (SSSR count). The molecule has 6 heteroatoms. The number of halogens is 2. The Morgan fingerprint density at radius 3 is 2.61 bits per heavy atom. The largest absolute Gasteiger partial charge is 0.326 e. The molecular formula is C12H14ClFN2O2. The summed E-state index contributed by atoms with van der Waals surface area (Å²) >= 11 is 5.56. The van der Waals surface area contributed by atoms with Gasteiger partial charge in [0.25, 0.3) is 0 Å². The van der Waals surface area contributed by atoms with E-state index in [-0.39, 0.29) is 29.3 Å². The molecular weight excluding hydrogens is 259 g/mol. The van der Waals surface area contributed by atoms with Crippen LogP contribution in [0.15, 0.2) is 18.2 Å². The normalized spacial score (nSPS) is 11.8. The highest BCUT2D eigenvalue weighted by Gasteiger charge is 2.12. The fourth-order valence-corrected chi connectivity index (χ4v) is 1.36. The maximum Gasteiger partial charge on any atom is 0.228 e. The molecule has 1 unspecified atom stereocenters. The van der Waals surface area contributed by atoms with E-state index in [1.54, 1.807) is 6.92 Å². The zero-order valence-electron chi connectivity index (χ0n) is 10.1. The number of hydrogen-bond donors (Lipinski definition) is 2. The molecule has 1 aromatic rings. The predicted molar refractivity (Wildman–Crippen MR) is 69.2 cm³/mol. The van der Waals surface area contributed by atoms with Crippen LogP contribution in [0.1, 0.15) is 13.8 Å². The van der Waals surface area contributed by atoms with Crippen molar-refractivity contribution >= 4 is 34.8 Å².